The second-order valence-corrected chi connectivity index (χ2v) is 4.51. The minimum atomic E-state index is -0.697. The molecule has 1 rings (SSSR count). The summed E-state index contributed by atoms with van der Waals surface area (Å²) in [5.74, 6) is -0.916. The minimum absolute atomic E-state index is 0.0207. The van der Waals surface area contributed by atoms with Crippen molar-refractivity contribution in [1.82, 2.24) is 4.90 Å². The number of hydrogen-bond donors (Lipinski definition) is 0. The van der Waals surface area contributed by atoms with Crippen molar-refractivity contribution in [2.45, 2.75) is 40.2 Å². The van der Waals surface area contributed by atoms with Crippen LogP contribution in [0, 0.1) is 17.2 Å². The van der Waals surface area contributed by atoms with E-state index < -0.39 is 17.6 Å². The van der Waals surface area contributed by atoms with Crippen LogP contribution >= 0.6 is 0 Å². The number of nitrogens with zero attached hydrogens (tertiary/aromatic N) is 2. The molecule has 0 radical (unpaired) electrons. The first kappa shape index (κ1) is 15.4. The summed E-state index contributed by atoms with van der Waals surface area (Å²) in [5.41, 5.74) is -0.579. The van der Waals surface area contributed by atoms with Gasteiger partial charge in [-0.05, 0) is 20.8 Å². The van der Waals surface area contributed by atoms with Crippen LogP contribution in [0.25, 0.3) is 0 Å². The number of rotatable bonds is 0. The number of carbonyl (C=O) groups excluding carboxylic acids is 2. The third-order valence-corrected chi connectivity index (χ3v) is 1.95. The Morgan fingerprint density at radius 1 is 1.47 bits per heavy atom. The van der Waals surface area contributed by atoms with Crippen LogP contribution in [0.15, 0.2) is 0 Å². The van der Waals surface area contributed by atoms with E-state index in [0.717, 1.165) is 0 Å². The van der Waals surface area contributed by atoms with Crippen molar-refractivity contribution < 1.29 is 14.3 Å². The molecule has 1 aliphatic heterocycles. The van der Waals surface area contributed by atoms with Crippen LogP contribution in [0.3, 0.4) is 0 Å². The molecule has 0 aliphatic carbocycles. The van der Waals surface area contributed by atoms with E-state index in [1.807, 2.05) is 19.9 Å². The van der Waals surface area contributed by atoms with E-state index in [9.17, 15) is 9.59 Å². The Labute approximate surface area is 102 Å². The van der Waals surface area contributed by atoms with Crippen molar-refractivity contribution in [2.24, 2.45) is 5.92 Å². The fourth-order valence-electron chi connectivity index (χ4n) is 1.26. The average molecular weight is 240 g/mol. The summed E-state index contributed by atoms with van der Waals surface area (Å²) >= 11 is 0. The molecule has 1 amide bonds. The highest BCUT2D eigenvalue weighted by Gasteiger charge is 2.35. The Bertz CT molecular complexity index is 326. The highest BCUT2D eigenvalue weighted by Crippen LogP contribution is 2.16. The van der Waals surface area contributed by atoms with Gasteiger partial charge in [-0.15, -0.1) is 0 Å². The molecule has 0 N–H and O–H groups in total. The van der Waals surface area contributed by atoms with Crippen LogP contribution in [-0.4, -0.2) is 35.5 Å². The summed E-state index contributed by atoms with van der Waals surface area (Å²) in [4.78, 5) is 24.0. The number of amides is 1. The number of ketones is 1. The van der Waals surface area contributed by atoms with Gasteiger partial charge in [0.15, 0.2) is 5.78 Å². The van der Waals surface area contributed by atoms with E-state index in [-0.39, 0.29) is 18.9 Å². The van der Waals surface area contributed by atoms with E-state index in [1.165, 1.54) is 4.90 Å². The maximum atomic E-state index is 11.5. The lowest BCUT2D eigenvalue weighted by atomic mass is 10.1. The molecule has 5 heteroatoms. The van der Waals surface area contributed by atoms with Crippen molar-refractivity contribution in [1.29, 1.82) is 5.26 Å². The molecule has 1 heterocycles. The van der Waals surface area contributed by atoms with Gasteiger partial charge in [0.05, 0.1) is 12.6 Å². The topological polar surface area (TPSA) is 70.4 Å². The van der Waals surface area contributed by atoms with Gasteiger partial charge in [-0.2, -0.15) is 5.26 Å². The van der Waals surface area contributed by atoms with Crippen LogP contribution in [0.1, 0.15) is 34.6 Å². The molecule has 0 aromatic carbocycles. The van der Waals surface area contributed by atoms with Crippen molar-refractivity contribution >= 4 is 11.9 Å². The predicted molar refractivity (Wildman–Crippen MR) is 63.3 cm³/mol. The molecular formula is C12H20N2O3. The molecule has 0 aromatic rings. The quantitative estimate of drug-likeness (QED) is 0.649. The largest absolute Gasteiger partial charge is 0.444 e. The van der Waals surface area contributed by atoms with Gasteiger partial charge in [0, 0.05) is 6.54 Å². The van der Waals surface area contributed by atoms with Gasteiger partial charge >= 0.3 is 6.09 Å². The van der Waals surface area contributed by atoms with Gasteiger partial charge in [-0.3, -0.25) is 9.69 Å². The standard InChI is InChI=1S/C10H14N2O3.C2H6/c1-10(2,3)15-9(14)12-5-7(4-11)8(13)6-12;1-2/h7H,5-6H2,1-3H3;1-2H3. The molecule has 1 saturated heterocycles. The van der Waals surface area contributed by atoms with Crippen LogP contribution in [0.5, 0.6) is 0 Å². The molecule has 1 unspecified atom stereocenters. The highest BCUT2D eigenvalue weighted by molar-refractivity contribution is 5.91. The molecule has 0 aromatic heterocycles. The average Bonchev–Trinajstić information content (AvgIpc) is 2.60. The summed E-state index contributed by atoms with van der Waals surface area (Å²) in [6.07, 6.45) is -0.534. The molecule has 96 valence electrons. The van der Waals surface area contributed by atoms with E-state index in [1.54, 1.807) is 20.8 Å². The Morgan fingerprint density at radius 2 is 2.00 bits per heavy atom. The smallest absolute Gasteiger partial charge is 0.410 e. The number of ether oxygens (including phenoxy) is 1. The second-order valence-electron chi connectivity index (χ2n) is 4.51. The molecule has 1 atom stereocenters. The zero-order chi connectivity index (χ0) is 13.6. The Kier molecular flexibility index (Phi) is 5.66. The maximum absolute atomic E-state index is 11.5. The fraction of sp³-hybridized carbons (Fsp3) is 0.750. The molecule has 5 nitrogen and oxygen atoms in total. The van der Waals surface area contributed by atoms with Gasteiger partial charge in [0.2, 0.25) is 0 Å². The molecule has 0 saturated carbocycles. The van der Waals surface area contributed by atoms with Crippen LogP contribution in [-0.2, 0) is 9.53 Å². The number of Topliss-reactive ketones (excluding diaryl/α,β-unsaturated/α-hetero) is 1. The van der Waals surface area contributed by atoms with E-state index in [0.29, 0.717) is 0 Å². The number of nitriles is 1. The van der Waals surface area contributed by atoms with Gasteiger partial charge in [-0.25, -0.2) is 4.79 Å². The highest BCUT2D eigenvalue weighted by atomic mass is 16.6. The van der Waals surface area contributed by atoms with Crippen molar-refractivity contribution in [3.8, 4) is 6.07 Å². The lowest BCUT2D eigenvalue weighted by Crippen LogP contribution is -2.35. The van der Waals surface area contributed by atoms with Gasteiger partial charge < -0.3 is 4.74 Å². The summed E-state index contributed by atoms with van der Waals surface area (Å²) in [6.45, 7) is 9.39. The Balaban J connectivity index is 0.00000121. The van der Waals surface area contributed by atoms with E-state index in [4.69, 9.17) is 10.00 Å². The van der Waals surface area contributed by atoms with Crippen molar-refractivity contribution in [3.05, 3.63) is 0 Å². The molecule has 1 fully saturated rings. The first-order valence-corrected chi connectivity index (χ1v) is 5.74. The van der Waals surface area contributed by atoms with Crippen LogP contribution in [0.2, 0.25) is 0 Å². The molecule has 0 bridgehead atoms. The van der Waals surface area contributed by atoms with Gasteiger partial charge in [-0.1, -0.05) is 13.8 Å². The minimum Gasteiger partial charge on any atom is -0.444 e. The number of likely N-dealkylation sites (tertiary alicyclic amines) is 1. The summed E-state index contributed by atoms with van der Waals surface area (Å²) in [7, 11) is 0. The first-order chi connectivity index (χ1) is 7.83. The monoisotopic (exact) mass is 240 g/mol. The predicted octanol–water partition coefficient (Wildman–Crippen LogP) is 1.97. The van der Waals surface area contributed by atoms with E-state index in [2.05, 4.69) is 0 Å². The Morgan fingerprint density at radius 3 is 2.35 bits per heavy atom. The third kappa shape index (κ3) is 4.85. The molecular weight excluding hydrogens is 220 g/mol. The Hall–Kier alpha value is -1.57. The normalized spacial score (nSPS) is 19.2. The SMILES string of the molecule is CC.CC(C)(C)OC(=O)N1CC(=O)C(C#N)C1. The zero-order valence-electron chi connectivity index (χ0n) is 11.1. The van der Waals surface area contributed by atoms with Gasteiger partial charge in [0.25, 0.3) is 0 Å². The number of carbonyl (C=O) groups is 2. The lowest BCUT2D eigenvalue weighted by Gasteiger charge is -2.23. The van der Waals surface area contributed by atoms with Crippen LogP contribution < -0.4 is 0 Å². The number of hydrogen-bond acceptors (Lipinski definition) is 4. The maximum Gasteiger partial charge on any atom is 0.410 e. The second kappa shape index (κ2) is 6.24. The summed E-state index contributed by atoms with van der Waals surface area (Å²) in [6, 6.07) is 1.86. The van der Waals surface area contributed by atoms with Gasteiger partial charge in [0.1, 0.15) is 11.5 Å². The van der Waals surface area contributed by atoms with Crippen LogP contribution in [0.4, 0.5) is 4.79 Å². The molecule has 17 heavy (non-hydrogen) atoms. The molecule has 1 aliphatic rings. The van der Waals surface area contributed by atoms with Crippen molar-refractivity contribution in [2.75, 3.05) is 13.1 Å². The fourth-order valence-corrected chi connectivity index (χ4v) is 1.26. The zero-order valence-corrected chi connectivity index (χ0v) is 11.1. The van der Waals surface area contributed by atoms with E-state index >= 15 is 0 Å². The third-order valence-electron chi connectivity index (χ3n) is 1.95. The molecule has 0 spiro atoms. The summed E-state index contributed by atoms with van der Waals surface area (Å²) < 4.78 is 5.09. The lowest BCUT2D eigenvalue weighted by molar-refractivity contribution is -0.118. The summed E-state index contributed by atoms with van der Waals surface area (Å²) in [5, 5.41) is 8.62. The first-order valence-electron chi connectivity index (χ1n) is 5.74. The van der Waals surface area contributed by atoms with Crippen molar-refractivity contribution in [3.63, 3.8) is 0 Å².